The number of hydrogen-bond acceptors (Lipinski definition) is 5. The second-order valence-corrected chi connectivity index (χ2v) is 7.67. The molecule has 0 aliphatic carbocycles. The molecule has 0 aromatic heterocycles. The lowest BCUT2D eigenvalue weighted by atomic mass is 10.3. The fourth-order valence-corrected chi connectivity index (χ4v) is 3.27. The second kappa shape index (κ2) is 8.98. The highest BCUT2D eigenvalue weighted by Crippen LogP contribution is 2.22. The number of benzene rings is 2. The summed E-state index contributed by atoms with van der Waals surface area (Å²) in [5.74, 6) is -0.827. The molecule has 26 heavy (non-hydrogen) atoms. The van der Waals surface area contributed by atoms with Crippen LogP contribution in [0.1, 0.15) is 0 Å². The summed E-state index contributed by atoms with van der Waals surface area (Å²) < 4.78 is 48.6. The first-order chi connectivity index (χ1) is 12.3. The van der Waals surface area contributed by atoms with E-state index in [4.69, 9.17) is 21.1 Å². The SMILES string of the molecule is CN(CC(=O)OCCOc1ccccc1Cl)S(=O)(=O)c1ccc(F)cc1. The molecule has 0 amide bonds. The van der Waals surface area contributed by atoms with Crippen LogP contribution in [0.3, 0.4) is 0 Å². The smallest absolute Gasteiger partial charge is 0.321 e. The zero-order valence-electron chi connectivity index (χ0n) is 13.9. The van der Waals surface area contributed by atoms with Gasteiger partial charge in [-0.3, -0.25) is 4.79 Å². The number of ether oxygens (including phenoxy) is 2. The summed E-state index contributed by atoms with van der Waals surface area (Å²) in [6.45, 7) is -0.468. The number of carbonyl (C=O) groups excluding carboxylic acids is 1. The quantitative estimate of drug-likeness (QED) is 0.502. The van der Waals surface area contributed by atoms with E-state index in [0.717, 1.165) is 28.6 Å². The predicted molar refractivity (Wildman–Crippen MR) is 94.1 cm³/mol. The van der Waals surface area contributed by atoms with Crippen molar-refractivity contribution in [3.63, 3.8) is 0 Å². The molecule has 2 aromatic rings. The zero-order valence-corrected chi connectivity index (χ0v) is 15.5. The average Bonchev–Trinajstić information content (AvgIpc) is 2.60. The molecule has 0 bridgehead atoms. The fourth-order valence-electron chi connectivity index (χ4n) is 1.97. The summed E-state index contributed by atoms with van der Waals surface area (Å²) in [4.78, 5) is 11.7. The molecule has 0 heterocycles. The summed E-state index contributed by atoms with van der Waals surface area (Å²) in [5, 5.41) is 0.434. The summed E-state index contributed by atoms with van der Waals surface area (Å²) >= 11 is 5.92. The minimum absolute atomic E-state index is 0.0610. The first kappa shape index (κ1) is 20.2. The van der Waals surface area contributed by atoms with Crippen LogP contribution in [0.2, 0.25) is 5.02 Å². The molecule has 0 aliphatic heterocycles. The molecule has 2 rings (SSSR count). The van der Waals surface area contributed by atoms with Crippen molar-refractivity contribution in [1.82, 2.24) is 4.31 Å². The van der Waals surface area contributed by atoms with Gasteiger partial charge in [-0.1, -0.05) is 23.7 Å². The second-order valence-electron chi connectivity index (χ2n) is 5.21. The number of hydrogen-bond donors (Lipinski definition) is 0. The third-order valence-corrected chi connectivity index (χ3v) is 5.44. The Bertz CT molecular complexity index is 858. The van der Waals surface area contributed by atoms with Crippen molar-refractivity contribution in [3.8, 4) is 5.75 Å². The Balaban J connectivity index is 1.81. The van der Waals surface area contributed by atoms with E-state index in [2.05, 4.69) is 0 Å². The van der Waals surface area contributed by atoms with Crippen LogP contribution in [0.4, 0.5) is 4.39 Å². The lowest BCUT2D eigenvalue weighted by Gasteiger charge is -2.16. The van der Waals surface area contributed by atoms with E-state index < -0.39 is 28.4 Å². The highest BCUT2D eigenvalue weighted by Gasteiger charge is 2.23. The molecule has 0 aliphatic rings. The zero-order chi connectivity index (χ0) is 19.2. The molecule has 0 saturated carbocycles. The summed E-state index contributed by atoms with van der Waals surface area (Å²) in [6.07, 6.45) is 0. The molecule has 140 valence electrons. The number of esters is 1. The molecule has 0 fully saturated rings. The topological polar surface area (TPSA) is 72.9 Å². The van der Waals surface area contributed by atoms with Gasteiger partial charge < -0.3 is 9.47 Å². The van der Waals surface area contributed by atoms with Crippen molar-refractivity contribution in [2.75, 3.05) is 26.8 Å². The van der Waals surface area contributed by atoms with E-state index in [-0.39, 0.29) is 18.1 Å². The summed E-state index contributed by atoms with van der Waals surface area (Å²) in [6, 6.07) is 11.2. The largest absolute Gasteiger partial charge is 0.488 e. The Morgan fingerprint density at radius 1 is 1.12 bits per heavy atom. The average molecular weight is 402 g/mol. The van der Waals surface area contributed by atoms with Gasteiger partial charge in [0.05, 0.1) is 9.92 Å². The third-order valence-electron chi connectivity index (χ3n) is 3.31. The Hall–Kier alpha value is -2.16. The van der Waals surface area contributed by atoms with Crippen LogP contribution in [0.25, 0.3) is 0 Å². The molecular formula is C17H17ClFNO5S. The van der Waals surface area contributed by atoms with E-state index in [0.29, 0.717) is 10.8 Å². The highest BCUT2D eigenvalue weighted by molar-refractivity contribution is 7.89. The lowest BCUT2D eigenvalue weighted by molar-refractivity contribution is -0.144. The maximum absolute atomic E-state index is 12.9. The monoisotopic (exact) mass is 401 g/mol. The standard InChI is InChI=1S/C17H17ClFNO5S/c1-20(26(22,23)14-8-6-13(19)7-9-14)12-17(21)25-11-10-24-16-5-3-2-4-15(16)18/h2-9H,10-12H2,1H3. The van der Waals surface area contributed by atoms with Crippen LogP contribution in [0, 0.1) is 5.82 Å². The molecule has 0 unspecified atom stereocenters. The molecule has 0 saturated heterocycles. The van der Waals surface area contributed by atoms with Crippen molar-refractivity contribution in [1.29, 1.82) is 0 Å². The number of rotatable bonds is 8. The molecule has 0 atom stereocenters. The van der Waals surface area contributed by atoms with Crippen LogP contribution in [-0.2, 0) is 19.6 Å². The van der Waals surface area contributed by atoms with Crippen LogP contribution in [0.5, 0.6) is 5.75 Å². The molecular weight excluding hydrogens is 385 g/mol. The first-order valence-electron chi connectivity index (χ1n) is 7.55. The van der Waals surface area contributed by atoms with E-state index in [1.165, 1.54) is 7.05 Å². The Kier molecular flexibility index (Phi) is 6.96. The Morgan fingerprint density at radius 3 is 2.42 bits per heavy atom. The maximum atomic E-state index is 12.9. The molecule has 6 nitrogen and oxygen atoms in total. The van der Waals surface area contributed by atoms with Gasteiger partial charge in [-0.05, 0) is 36.4 Å². The van der Waals surface area contributed by atoms with Gasteiger partial charge in [-0.25, -0.2) is 12.8 Å². The van der Waals surface area contributed by atoms with Crippen LogP contribution in [-0.4, -0.2) is 45.5 Å². The van der Waals surface area contributed by atoms with Gasteiger partial charge in [-0.2, -0.15) is 4.31 Å². The summed E-state index contributed by atoms with van der Waals surface area (Å²) in [5.41, 5.74) is 0. The summed E-state index contributed by atoms with van der Waals surface area (Å²) in [7, 11) is -2.68. The van der Waals surface area contributed by atoms with E-state index in [1.54, 1.807) is 24.3 Å². The highest BCUT2D eigenvalue weighted by atomic mass is 35.5. The van der Waals surface area contributed by atoms with Gasteiger partial charge in [0.1, 0.15) is 31.3 Å². The van der Waals surface area contributed by atoms with Crippen molar-refractivity contribution < 1.29 is 27.1 Å². The number of nitrogens with zero attached hydrogens (tertiary/aromatic N) is 1. The molecule has 2 aromatic carbocycles. The van der Waals surface area contributed by atoms with Crippen molar-refractivity contribution in [2.45, 2.75) is 4.90 Å². The first-order valence-corrected chi connectivity index (χ1v) is 9.37. The molecule has 0 N–H and O–H groups in total. The van der Waals surface area contributed by atoms with Crippen LogP contribution in [0.15, 0.2) is 53.4 Å². The number of halogens is 2. The lowest BCUT2D eigenvalue weighted by Crippen LogP contribution is -2.33. The normalized spacial score (nSPS) is 11.4. The van der Waals surface area contributed by atoms with Gasteiger partial charge in [0, 0.05) is 7.05 Å². The van der Waals surface area contributed by atoms with Crippen LogP contribution >= 0.6 is 11.6 Å². The maximum Gasteiger partial charge on any atom is 0.321 e. The molecule has 0 spiro atoms. The minimum Gasteiger partial charge on any atom is -0.488 e. The van der Waals surface area contributed by atoms with E-state index >= 15 is 0 Å². The Labute approximate surface area is 156 Å². The number of carbonyl (C=O) groups is 1. The predicted octanol–water partition coefficient (Wildman–Crippen LogP) is 2.72. The molecule has 0 radical (unpaired) electrons. The van der Waals surface area contributed by atoms with Gasteiger partial charge in [0.15, 0.2) is 0 Å². The van der Waals surface area contributed by atoms with Crippen molar-refractivity contribution >= 4 is 27.6 Å². The van der Waals surface area contributed by atoms with Crippen molar-refractivity contribution in [2.24, 2.45) is 0 Å². The minimum atomic E-state index is -3.91. The van der Waals surface area contributed by atoms with Crippen LogP contribution < -0.4 is 4.74 Å². The third kappa shape index (κ3) is 5.42. The molecule has 9 heteroatoms. The van der Waals surface area contributed by atoms with Crippen molar-refractivity contribution in [3.05, 3.63) is 59.4 Å². The Morgan fingerprint density at radius 2 is 1.77 bits per heavy atom. The number of para-hydroxylation sites is 1. The fraction of sp³-hybridized carbons (Fsp3) is 0.235. The van der Waals surface area contributed by atoms with Gasteiger partial charge in [0.25, 0.3) is 0 Å². The number of sulfonamides is 1. The van der Waals surface area contributed by atoms with Gasteiger partial charge >= 0.3 is 5.97 Å². The van der Waals surface area contributed by atoms with E-state index in [9.17, 15) is 17.6 Å². The van der Waals surface area contributed by atoms with Gasteiger partial charge in [0.2, 0.25) is 10.0 Å². The van der Waals surface area contributed by atoms with E-state index in [1.807, 2.05) is 0 Å². The number of likely N-dealkylation sites (N-methyl/N-ethyl adjacent to an activating group) is 1. The van der Waals surface area contributed by atoms with Gasteiger partial charge in [-0.15, -0.1) is 0 Å².